The number of carbonyl (C=O) groups excluding carboxylic acids is 3. The molecule has 6 nitrogen and oxygen atoms in total. The van der Waals surface area contributed by atoms with Gasteiger partial charge < -0.3 is 10.6 Å². The van der Waals surface area contributed by atoms with Crippen LogP contribution < -0.4 is 10.6 Å². The molecule has 1 fully saturated rings. The average Bonchev–Trinajstić information content (AvgIpc) is 2.93. The number of nitrogens with one attached hydrogen (secondary N) is 2. The molecule has 3 rings (SSSR count). The lowest BCUT2D eigenvalue weighted by Gasteiger charge is -2.25. The third kappa shape index (κ3) is 3.71. The monoisotopic (exact) mass is 387 g/mol. The van der Waals surface area contributed by atoms with Gasteiger partial charge in [-0.1, -0.05) is 19.1 Å². The summed E-state index contributed by atoms with van der Waals surface area (Å²) in [7, 11) is 0. The summed E-state index contributed by atoms with van der Waals surface area (Å²) in [6, 6.07) is 10.0. The normalized spacial score (nSPS) is 18.9. The van der Waals surface area contributed by atoms with Crippen LogP contribution in [-0.2, 0) is 15.1 Å². The minimum atomic E-state index is -1.28. The van der Waals surface area contributed by atoms with Crippen molar-refractivity contribution in [2.75, 3.05) is 11.9 Å². The standard InChI is InChI=1S/C20H19F2N3O3/c1-2-20(13-3-5-14(21)6-4-13)18(27)25(19(28)24-20)12-11-17(26)23-16-9-7-15(22)8-10-16/h3-10H,2,11-12H2,1H3,(H,23,26)(H,24,28)/t20-/m1/s1. The lowest BCUT2D eigenvalue weighted by molar-refractivity contribution is -0.132. The highest BCUT2D eigenvalue weighted by molar-refractivity contribution is 6.07. The molecule has 1 heterocycles. The zero-order valence-electron chi connectivity index (χ0n) is 15.2. The average molecular weight is 387 g/mol. The van der Waals surface area contributed by atoms with Crippen LogP contribution in [0.5, 0.6) is 0 Å². The van der Waals surface area contributed by atoms with Crippen LogP contribution in [0.25, 0.3) is 0 Å². The van der Waals surface area contributed by atoms with Gasteiger partial charge in [-0.3, -0.25) is 14.5 Å². The molecule has 0 aliphatic carbocycles. The van der Waals surface area contributed by atoms with Crippen molar-refractivity contribution in [2.24, 2.45) is 0 Å². The molecule has 146 valence electrons. The zero-order valence-corrected chi connectivity index (χ0v) is 15.2. The van der Waals surface area contributed by atoms with E-state index in [2.05, 4.69) is 10.6 Å². The fraction of sp³-hybridized carbons (Fsp3) is 0.250. The Morgan fingerprint density at radius 2 is 1.61 bits per heavy atom. The Labute approximate surface area is 160 Å². The summed E-state index contributed by atoms with van der Waals surface area (Å²) < 4.78 is 26.1. The summed E-state index contributed by atoms with van der Waals surface area (Å²) in [6.07, 6.45) is 0.168. The first-order chi connectivity index (χ1) is 13.4. The van der Waals surface area contributed by atoms with E-state index in [-0.39, 0.29) is 19.4 Å². The van der Waals surface area contributed by atoms with Crippen LogP contribution in [-0.4, -0.2) is 29.3 Å². The highest BCUT2D eigenvalue weighted by Crippen LogP contribution is 2.32. The van der Waals surface area contributed by atoms with Crippen LogP contribution in [0.2, 0.25) is 0 Å². The predicted octanol–water partition coefficient (Wildman–Crippen LogP) is 3.15. The number of imide groups is 1. The summed E-state index contributed by atoms with van der Waals surface area (Å²) in [5.41, 5.74) is -0.385. The number of hydrogen-bond donors (Lipinski definition) is 2. The van der Waals surface area contributed by atoms with Gasteiger partial charge >= 0.3 is 6.03 Å². The molecule has 28 heavy (non-hydrogen) atoms. The van der Waals surface area contributed by atoms with Gasteiger partial charge in [-0.25, -0.2) is 13.6 Å². The minimum absolute atomic E-state index is 0.110. The molecule has 0 unspecified atom stereocenters. The van der Waals surface area contributed by atoms with Crippen molar-refractivity contribution in [1.29, 1.82) is 0 Å². The second kappa shape index (κ2) is 7.75. The number of hydrogen-bond acceptors (Lipinski definition) is 3. The molecule has 1 atom stereocenters. The first-order valence-corrected chi connectivity index (χ1v) is 8.81. The van der Waals surface area contributed by atoms with Crippen molar-refractivity contribution in [3.63, 3.8) is 0 Å². The maximum Gasteiger partial charge on any atom is 0.325 e. The first kappa shape index (κ1) is 19.5. The van der Waals surface area contributed by atoms with Gasteiger partial charge in [0.1, 0.15) is 17.2 Å². The highest BCUT2D eigenvalue weighted by Gasteiger charge is 2.51. The first-order valence-electron chi connectivity index (χ1n) is 8.81. The van der Waals surface area contributed by atoms with E-state index in [4.69, 9.17) is 0 Å². The second-order valence-corrected chi connectivity index (χ2v) is 6.46. The van der Waals surface area contributed by atoms with Gasteiger partial charge in [-0.2, -0.15) is 0 Å². The predicted molar refractivity (Wildman–Crippen MR) is 98.3 cm³/mol. The Kier molecular flexibility index (Phi) is 5.39. The van der Waals surface area contributed by atoms with Gasteiger partial charge in [0.05, 0.1) is 0 Å². The Bertz CT molecular complexity index is 900. The van der Waals surface area contributed by atoms with E-state index in [1.165, 1.54) is 48.5 Å². The third-order valence-corrected chi connectivity index (χ3v) is 4.73. The van der Waals surface area contributed by atoms with Crippen LogP contribution in [0.1, 0.15) is 25.3 Å². The van der Waals surface area contributed by atoms with E-state index in [0.29, 0.717) is 11.3 Å². The number of urea groups is 1. The molecule has 4 amide bonds. The van der Waals surface area contributed by atoms with Gasteiger partial charge in [0.2, 0.25) is 5.91 Å². The van der Waals surface area contributed by atoms with E-state index in [0.717, 1.165) is 4.90 Å². The van der Waals surface area contributed by atoms with E-state index in [9.17, 15) is 23.2 Å². The molecule has 8 heteroatoms. The van der Waals surface area contributed by atoms with E-state index in [1.807, 2.05) is 0 Å². The van der Waals surface area contributed by atoms with E-state index >= 15 is 0 Å². The van der Waals surface area contributed by atoms with Crippen molar-refractivity contribution in [3.8, 4) is 0 Å². The Morgan fingerprint density at radius 3 is 2.18 bits per heavy atom. The Hall–Kier alpha value is -3.29. The lowest BCUT2D eigenvalue weighted by Crippen LogP contribution is -2.43. The number of rotatable bonds is 6. The van der Waals surface area contributed by atoms with Gasteiger partial charge in [0.15, 0.2) is 0 Å². The molecule has 0 aromatic heterocycles. The molecule has 0 saturated carbocycles. The summed E-state index contributed by atoms with van der Waals surface area (Å²) in [6.45, 7) is 1.63. The highest BCUT2D eigenvalue weighted by atomic mass is 19.1. The van der Waals surface area contributed by atoms with E-state index in [1.54, 1.807) is 6.92 Å². The molecule has 1 aliphatic rings. The molecular weight excluding hydrogens is 368 g/mol. The molecule has 0 spiro atoms. The van der Waals surface area contributed by atoms with Crippen molar-refractivity contribution in [1.82, 2.24) is 10.2 Å². The van der Waals surface area contributed by atoms with Crippen LogP contribution in [0.3, 0.4) is 0 Å². The topological polar surface area (TPSA) is 78.5 Å². The van der Waals surface area contributed by atoms with Crippen molar-refractivity contribution >= 4 is 23.5 Å². The molecular formula is C20H19F2N3O3. The van der Waals surface area contributed by atoms with Crippen molar-refractivity contribution in [3.05, 3.63) is 65.7 Å². The summed E-state index contributed by atoms with van der Waals surface area (Å²) in [5, 5.41) is 5.25. The number of carbonyl (C=O) groups is 3. The quantitative estimate of drug-likeness (QED) is 0.748. The Balaban J connectivity index is 1.68. The van der Waals surface area contributed by atoms with Gasteiger partial charge in [0.25, 0.3) is 5.91 Å². The maximum absolute atomic E-state index is 13.2. The number of anilines is 1. The number of halogens is 2. The van der Waals surface area contributed by atoms with Gasteiger partial charge in [-0.15, -0.1) is 0 Å². The molecule has 2 aromatic carbocycles. The molecule has 0 bridgehead atoms. The minimum Gasteiger partial charge on any atom is -0.326 e. The fourth-order valence-corrected chi connectivity index (χ4v) is 3.17. The fourth-order valence-electron chi connectivity index (χ4n) is 3.17. The zero-order chi connectivity index (χ0) is 20.3. The van der Waals surface area contributed by atoms with Crippen molar-refractivity contribution in [2.45, 2.75) is 25.3 Å². The van der Waals surface area contributed by atoms with Crippen LogP contribution >= 0.6 is 0 Å². The largest absolute Gasteiger partial charge is 0.326 e. The number of amides is 4. The maximum atomic E-state index is 13.2. The van der Waals surface area contributed by atoms with Crippen LogP contribution in [0.4, 0.5) is 19.3 Å². The van der Waals surface area contributed by atoms with Gasteiger partial charge in [0, 0.05) is 18.7 Å². The van der Waals surface area contributed by atoms with Gasteiger partial charge in [-0.05, 0) is 48.4 Å². The van der Waals surface area contributed by atoms with Crippen LogP contribution in [0, 0.1) is 11.6 Å². The molecule has 2 N–H and O–H groups in total. The van der Waals surface area contributed by atoms with Crippen LogP contribution in [0.15, 0.2) is 48.5 Å². The summed E-state index contributed by atoms with van der Waals surface area (Å²) in [4.78, 5) is 38.4. The SMILES string of the molecule is CC[C@]1(c2ccc(F)cc2)NC(=O)N(CCC(=O)Nc2ccc(F)cc2)C1=O. The number of benzene rings is 2. The summed E-state index contributed by atoms with van der Waals surface area (Å²) in [5.74, 6) is -1.76. The Morgan fingerprint density at radius 1 is 1.04 bits per heavy atom. The molecule has 1 saturated heterocycles. The third-order valence-electron chi connectivity index (χ3n) is 4.73. The smallest absolute Gasteiger partial charge is 0.325 e. The summed E-state index contributed by atoms with van der Waals surface area (Å²) >= 11 is 0. The second-order valence-electron chi connectivity index (χ2n) is 6.46. The molecule has 1 aliphatic heterocycles. The van der Waals surface area contributed by atoms with E-state index < -0.39 is 35.0 Å². The lowest BCUT2D eigenvalue weighted by atomic mass is 9.87. The molecule has 0 radical (unpaired) electrons. The molecule has 2 aromatic rings. The number of nitrogens with zero attached hydrogens (tertiary/aromatic N) is 1. The van der Waals surface area contributed by atoms with Crippen molar-refractivity contribution < 1.29 is 23.2 Å².